The number of aryl methyl sites for hydroxylation is 1. The molecule has 7 rings (SSSR count). The molecule has 0 saturated carbocycles. The molecule has 5 heterocycles. The molecular formula is C38H38N8O8. The number of nitrogens with zero attached hydrogens (tertiary/aromatic N) is 7. The molecule has 2 aromatic carbocycles. The number of nitrogens with one attached hydrogen (secondary N) is 1. The lowest BCUT2D eigenvalue weighted by atomic mass is 9.99. The number of fused-ring (bicyclic) bond motifs is 2. The minimum atomic E-state index is -1.03. The summed E-state index contributed by atoms with van der Waals surface area (Å²) in [6.45, 7) is 1.98. The van der Waals surface area contributed by atoms with Crippen molar-refractivity contribution in [3.8, 4) is 28.4 Å². The predicted octanol–water partition coefficient (Wildman–Crippen LogP) is 2.36. The lowest BCUT2D eigenvalue weighted by Gasteiger charge is -2.27. The molecule has 278 valence electrons. The number of amides is 4. The van der Waals surface area contributed by atoms with E-state index in [1.165, 1.54) is 12.1 Å². The van der Waals surface area contributed by atoms with Crippen LogP contribution < -0.4 is 25.1 Å². The van der Waals surface area contributed by atoms with Crippen molar-refractivity contribution in [2.24, 2.45) is 7.05 Å². The van der Waals surface area contributed by atoms with Crippen molar-refractivity contribution in [2.45, 2.75) is 38.4 Å². The second kappa shape index (κ2) is 14.9. The molecule has 1 atom stereocenters. The Balaban J connectivity index is 0.948. The Bertz CT molecular complexity index is 2340. The highest BCUT2D eigenvalue weighted by molar-refractivity contribution is 6.23. The summed E-state index contributed by atoms with van der Waals surface area (Å²) >= 11 is 0. The zero-order valence-corrected chi connectivity index (χ0v) is 30.2. The fourth-order valence-electron chi connectivity index (χ4n) is 6.83. The molecule has 1 unspecified atom stereocenters. The van der Waals surface area contributed by atoms with Gasteiger partial charge in [0, 0.05) is 63.3 Å². The third kappa shape index (κ3) is 6.90. The molecule has 1 saturated heterocycles. The van der Waals surface area contributed by atoms with Crippen LogP contribution in [-0.4, -0.2) is 98.4 Å². The summed E-state index contributed by atoms with van der Waals surface area (Å²) in [5.41, 5.74) is 3.51. The summed E-state index contributed by atoms with van der Waals surface area (Å²) in [5.74, 6) is -0.542. The minimum Gasteiger partial charge on any atom is -0.496 e. The summed E-state index contributed by atoms with van der Waals surface area (Å²) in [7, 11) is 6.95. The van der Waals surface area contributed by atoms with E-state index < -0.39 is 29.7 Å². The number of hydrogen-bond donors (Lipinski definition) is 1. The number of benzene rings is 2. The van der Waals surface area contributed by atoms with E-state index in [0.29, 0.717) is 48.7 Å². The van der Waals surface area contributed by atoms with Gasteiger partial charge in [0.2, 0.25) is 11.8 Å². The van der Waals surface area contributed by atoms with E-state index in [-0.39, 0.29) is 36.1 Å². The highest BCUT2D eigenvalue weighted by atomic mass is 16.5. The summed E-state index contributed by atoms with van der Waals surface area (Å²) in [6.07, 6.45) is 7.50. The average molecular weight is 735 g/mol. The van der Waals surface area contributed by atoms with Gasteiger partial charge in [0.25, 0.3) is 17.4 Å². The molecule has 0 spiro atoms. The molecule has 16 heteroatoms. The van der Waals surface area contributed by atoms with Crippen molar-refractivity contribution in [3.05, 3.63) is 93.9 Å². The largest absolute Gasteiger partial charge is 0.496 e. The number of likely N-dealkylation sites (N-methyl/N-ethyl adjacent to an activating group) is 1. The Labute approximate surface area is 309 Å². The Hall–Kier alpha value is -6.42. The minimum absolute atomic E-state index is 0.0524. The zero-order chi connectivity index (χ0) is 38.1. The first-order chi connectivity index (χ1) is 26.1. The Kier molecular flexibility index (Phi) is 9.92. The quantitative estimate of drug-likeness (QED) is 0.175. The van der Waals surface area contributed by atoms with Crippen LogP contribution in [-0.2, 0) is 36.1 Å². The van der Waals surface area contributed by atoms with Crippen LogP contribution in [0.2, 0.25) is 0 Å². The molecule has 0 aliphatic carbocycles. The number of methoxy groups -OCH3 is 2. The second-order valence-electron chi connectivity index (χ2n) is 13.2. The van der Waals surface area contributed by atoms with E-state index in [1.807, 2.05) is 37.6 Å². The van der Waals surface area contributed by atoms with Gasteiger partial charge in [0.05, 0.1) is 55.1 Å². The maximum Gasteiger partial charge on any atom is 0.262 e. The summed E-state index contributed by atoms with van der Waals surface area (Å²) in [6, 6.07) is 9.32. The van der Waals surface area contributed by atoms with Gasteiger partial charge in [-0.25, -0.2) is 0 Å². The van der Waals surface area contributed by atoms with Gasteiger partial charge in [-0.2, -0.15) is 0 Å². The van der Waals surface area contributed by atoms with Crippen molar-refractivity contribution >= 4 is 34.4 Å². The van der Waals surface area contributed by atoms with Gasteiger partial charge in [-0.05, 0) is 60.8 Å². The molecule has 5 aromatic rings. The maximum absolute atomic E-state index is 13.1. The number of imide groups is 2. The first-order valence-electron chi connectivity index (χ1n) is 17.3. The van der Waals surface area contributed by atoms with E-state index in [9.17, 15) is 24.0 Å². The zero-order valence-electron chi connectivity index (χ0n) is 30.2. The van der Waals surface area contributed by atoms with Crippen LogP contribution in [0.15, 0.2) is 66.0 Å². The average Bonchev–Trinajstić information content (AvgIpc) is 3.73. The van der Waals surface area contributed by atoms with Crippen molar-refractivity contribution in [3.63, 3.8) is 0 Å². The van der Waals surface area contributed by atoms with E-state index >= 15 is 0 Å². The van der Waals surface area contributed by atoms with Crippen molar-refractivity contribution < 1.29 is 33.4 Å². The number of carbonyl (C=O) groups is 4. The smallest absolute Gasteiger partial charge is 0.262 e. The van der Waals surface area contributed by atoms with Gasteiger partial charge in [-0.3, -0.25) is 48.8 Å². The van der Waals surface area contributed by atoms with Crippen molar-refractivity contribution in [2.75, 3.05) is 34.4 Å². The summed E-state index contributed by atoms with van der Waals surface area (Å²) in [5, 5.41) is 12.0. The summed E-state index contributed by atoms with van der Waals surface area (Å²) in [4.78, 5) is 69.9. The molecule has 0 bridgehead atoms. The number of hydrogen-bond acceptors (Lipinski definition) is 12. The van der Waals surface area contributed by atoms with Crippen molar-refractivity contribution in [1.82, 2.24) is 39.7 Å². The number of aromatic nitrogens is 5. The molecule has 4 amide bonds. The molecule has 54 heavy (non-hydrogen) atoms. The van der Waals surface area contributed by atoms with Crippen LogP contribution >= 0.6 is 0 Å². The Morgan fingerprint density at radius 3 is 2.43 bits per heavy atom. The molecule has 2 aliphatic heterocycles. The van der Waals surface area contributed by atoms with Crippen LogP contribution in [0.3, 0.4) is 0 Å². The van der Waals surface area contributed by atoms with Gasteiger partial charge in [-0.1, -0.05) is 5.21 Å². The highest BCUT2D eigenvalue weighted by Gasteiger charge is 2.44. The number of ether oxygens (including phenoxy) is 3. The highest BCUT2D eigenvalue weighted by Crippen LogP contribution is 2.38. The first kappa shape index (κ1) is 36.0. The van der Waals surface area contributed by atoms with Crippen LogP contribution in [0, 0.1) is 0 Å². The maximum atomic E-state index is 13.1. The van der Waals surface area contributed by atoms with Crippen LogP contribution in [0.5, 0.6) is 17.2 Å². The lowest BCUT2D eigenvalue weighted by Crippen LogP contribution is -2.54. The standard InChI is InChI=1S/C38H38N8O8/c1-43(20-30-32(52-3)15-22(16-33(30)53-4)29-21-44(2)36(49)28-18-39-11-9-25(28)29)12-13-45-19-23(41-42-45)10-14-54-24-5-6-26-27(17-24)38(51)46(37(26)50)31-7-8-34(47)40-35(31)48/h5-6,9,11,15-19,21,31H,7-8,10,12-14,20H2,1-4H3,(H,40,47,48). The summed E-state index contributed by atoms with van der Waals surface area (Å²) < 4.78 is 20.9. The van der Waals surface area contributed by atoms with E-state index in [1.54, 1.807) is 49.0 Å². The van der Waals surface area contributed by atoms with Gasteiger partial charge in [0.1, 0.15) is 23.3 Å². The molecule has 1 fully saturated rings. The normalized spacial score (nSPS) is 15.6. The number of carbonyl (C=O) groups excluding carboxylic acids is 4. The molecule has 0 radical (unpaired) electrons. The van der Waals surface area contributed by atoms with Crippen LogP contribution in [0.1, 0.15) is 44.8 Å². The molecule has 2 aliphatic rings. The fourth-order valence-corrected chi connectivity index (χ4v) is 6.83. The molecule has 16 nitrogen and oxygen atoms in total. The first-order valence-corrected chi connectivity index (χ1v) is 17.3. The van der Waals surface area contributed by atoms with Crippen LogP contribution in [0.4, 0.5) is 0 Å². The van der Waals surface area contributed by atoms with E-state index in [2.05, 4.69) is 25.5 Å². The number of piperidine rings is 1. The van der Waals surface area contributed by atoms with Gasteiger partial charge in [0.15, 0.2) is 0 Å². The SMILES string of the molecule is COc1cc(-c2cn(C)c(=O)c3cnccc23)cc(OC)c1CN(C)CCn1cc(CCOc2ccc3c(c2)C(=O)N(C2CCC(=O)NC2=O)C3=O)nn1. The topological polar surface area (TPSA) is 180 Å². The molecular weight excluding hydrogens is 696 g/mol. The number of pyridine rings is 2. The van der Waals surface area contributed by atoms with Crippen molar-refractivity contribution in [1.29, 1.82) is 0 Å². The number of rotatable bonds is 13. The van der Waals surface area contributed by atoms with Crippen LogP contribution in [0.25, 0.3) is 21.9 Å². The van der Waals surface area contributed by atoms with E-state index in [0.717, 1.165) is 32.7 Å². The fraction of sp³-hybridized carbons (Fsp3) is 0.316. The van der Waals surface area contributed by atoms with Gasteiger partial charge < -0.3 is 18.8 Å². The molecule has 3 aromatic heterocycles. The monoisotopic (exact) mass is 734 g/mol. The van der Waals surface area contributed by atoms with E-state index in [4.69, 9.17) is 14.2 Å². The van der Waals surface area contributed by atoms with Gasteiger partial charge in [-0.15, -0.1) is 5.10 Å². The Morgan fingerprint density at radius 2 is 1.69 bits per heavy atom. The third-order valence-electron chi connectivity index (χ3n) is 9.67. The molecule has 1 N–H and O–H groups in total. The lowest BCUT2D eigenvalue weighted by molar-refractivity contribution is -0.136. The second-order valence-corrected chi connectivity index (χ2v) is 13.2. The Morgan fingerprint density at radius 1 is 0.926 bits per heavy atom. The third-order valence-corrected chi connectivity index (χ3v) is 9.67. The van der Waals surface area contributed by atoms with Gasteiger partial charge >= 0.3 is 0 Å². The predicted molar refractivity (Wildman–Crippen MR) is 194 cm³/mol.